The lowest BCUT2D eigenvalue weighted by Crippen LogP contribution is -2.47. The summed E-state index contributed by atoms with van der Waals surface area (Å²) >= 11 is 0. The van der Waals surface area contributed by atoms with E-state index in [4.69, 9.17) is 9.47 Å². The summed E-state index contributed by atoms with van der Waals surface area (Å²) < 4.78 is 11.9. The predicted octanol–water partition coefficient (Wildman–Crippen LogP) is 4.12. The molecular formula is C17H24O2. The third-order valence-electron chi connectivity index (χ3n) is 3.52. The van der Waals surface area contributed by atoms with Gasteiger partial charge in [0.05, 0.1) is 12.7 Å². The standard InChI is InChI=1S/C17H24O2/c1-13(2)16-17(3,4)12-18-15(19-16)11-10-14-8-6-5-7-9-14/h5-11,13,15-16H,12H2,1-4H3/b11-10-/t15-,16+/m0/s1. The van der Waals surface area contributed by atoms with E-state index in [0.717, 1.165) is 6.61 Å². The highest BCUT2D eigenvalue weighted by molar-refractivity contribution is 5.49. The fourth-order valence-electron chi connectivity index (χ4n) is 2.66. The normalized spacial score (nSPS) is 27.0. The quantitative estimate of drug-likeness (QED) is 0.813. The van der Waals surface area contributed by atoms with Gasteiger partial charge in [-0.25, -0.2) is 0 Å². The highest BCUT2D eigenvalue weighted by atomic mass is 16.7. The van der Waals surface area contributed by atoms with Crippen LogP contribution in [0.5, 0.6) is 0 Å². The van der Waals surface area contributed by atoms with Crippen molar-refractivity contribution in [1.82, 2.24) is 0 Å². The van der Waals surface area contributed by atoms with Gasteiger partial charge in [0.2, 0.25) is 0 Å². The average molecular weight is 260 g/mol. The van der Waals surface area contributed by atoms with Gasteiger partial charge in [0.15, 0.2) is 6.29 Å². The second-order valence-electron chi connectivity index (χ2n) is 6.24. The minimum absolute atomic E-state index is 0.0747. The lowest BCUT2D eigenvalue weighted by molar-refractivity contribution is -0.249. The van der Waals surface area contributed by atoms with E-state index in [0.29, 0.717) is 5.92 Å². The van der Waals surface area contributed by atoms with Crippen LogP contribution < -0.4 is 0 Å². The molecule has 0 amide bonds. The summed E-state index contributed by atoms with van der Waals surface area (Å²) in [5, 5.41) is 0. The Morgan fingerprint density at radius 3 is 2.53 bits per heavy atom. The first-order chi connectivity index (χ1) is 8.99. The van der Waals surface area contributed by atoms with E-state index >= 15 is 0 Å². The molecular weight excluding hydrogens is 236 g/mol. The Morgan fingerprint density at radius 1 is 1.21 bits per heavy atom. The van der Waals surface area contributed by atoms with Crippen LogP contribution >= 0.6 is 0 Å². The number of hydrogen-bond acceptors (Lipinski definition) is 2. The Bertz CT molecular complexity index is 420. The van der Waals surface area contributed by atoms with Gasteiger partial charge in [-0.1, -0.05) is 64.1 Å². The van der Waals surface area contributed by atoms with Crippen LogP contribution in [-0.2, 0) is 9.47 Å². The van der Waals surface area contributed by atoms with E-state index in [1.165, 1.54) is 5.56 Å². The molecule has 1 aliphatic rings. The molecule has 1 aliphatic heterocycles. The van der Waals surface area contributed by atoms with Crippen molar-refractivity contribution < 1.29 is 9.47 Å². The van der Waals surface area contributed by atoms with Crippen molar-refractivity contribution in [1.29, 1.82) is 0 Å². The summed E-state index contributed by atoms with van der Waals surface area (Å²) in [6.45, 7) is 9.55. The van der Waals surface area contributed by atoms with Gasteiger partial charge < -0.3 is 9.47 Å². The smallest absolute Gasteiger partial charge is 0.177 e. The second kappa shape index (κ2) is 5.89. The van der Waals surface area contributed by atoms with E-state index in [-0.39, 0.29) is 17.8 Å². The summed E-state index contributed by atoms with van der Waals surface area (Å²) in [6, 6.07) is 10.2. The van der Waals surface area contributed by atoms with Crippen molar-refractivity contribution in [2.45, 2.75) is 40.1 Å². The van der Waals surface area contributed by atoms with Crippen molar-refractivity contribution in [3.05, 3.63) is 42.0 Å². The molecule has 1 aromatic carbocycles. The maximum absolute atomic E-state index is 6.08. The molecule has 2 atom stereocenters. The molecule has 2 nitrogen and oxygen atoms in total. The Hall–Kier alpha value is -1.12. The molecule has 1 aromatic rings. The molecule has 0 bridgehead atoms. The van der Waals surface area contributed by atoms with E-state index in [9.17, 15) is 0 Å². The molecule has 1 heterocycles. The van der Waals surface area contributed by atoms with Gasteiger partial charge in [-0.05, 0) is 17.6 Å². The van der Waals surface area contributed by atoms with Gasteiger partial charge in [0.1, 0.15) is 0 Å². The molecule has 0 spiro atoms. The van der Waals surface area contributed by atoms with Crippen LogP contribution in [0.3, 0.4) is 0 Å². The Labute approximate surface area is 116 Å². The van der Waals surface area contributed by atoms with Crippen molar-refractivity contribution >= 4 is 6.08 Å². The van der Waals surface area contributed by atoms with E-state index in [2.05, 4.69) is 45.9 Å². The van der Waals surface area contributed by atoms with Crippen LogP contribution in [0.15, 0.2) is 36.4 Å². The number of benzene rings is 1. The molecule has 0 aliphatic carbocycles. The largest absolute Gasteiger partial charge is 0.348 e. The van der Waals surface area contributed by atoms with Gasteiger partial charge in [0.25, 0.3) is 0 Å². The van der Waals surface area contributed by atoms with Crippen LogP contribution in [-0.4, -0.2) is 19.0 Å². The summed E-state index contributed by atoms with van der Waals surface area (Å²) in [5.74, 6) is 0.492. The maximum Gasteiger partial charge on any atom is 0.177 e. The molecule has 0 radical (unpaired) electrons. The lowest BCUT2D eigenvalue weighted by Gasteiger charge is -2.43. The fourth-order valence-corrected chi connectivity index (χ4v) is 2.66. The monoisotopic (exact) mass is 260 g/mol. The molecule has 0 aromatic heterocycles. The molecule has 104 valence electrons. The Kier molecular flexibility index (Phi) is 4.43. The molecule has 0 saturated carbocycles. The number of rotatable bonds is 3. The minimum atomic E-state index is -0.236. The van der Waals surface area contributed by atoms with Crippen LogP contribution in [0.1, 0.15) is 33.3 Å². The Balaban J connectivity index is 2.02. The third-order valence-corrected chi connectivity index (χ3v) is 3.52. The highest BCUT2D eigenvalue weighted by Gasteiger charge is 2.39. The van der Waals surface area contributed by atoms with Crippen LogP contribution in [0.2, 0.25) is 0 Å². The molecule has 1 saturated heterocycles. The average Bonchev–Trinajstić information content (AvgIpc) is 2.38. The van der Waals surface area contributed by atoms with Crippen molar-refractivity contribution in [3.63, 3.8) is 0 Å². The van der Waals surface area contributed by atoms with Gasteiger partial charge in [-0.3, -0.25) is 0 Å². The Morgan fingerprint density at radius 2 is 1.89 bits per heavy atom. The first kappa shape index (κ1) is 14.3. The molecule has 2 rings (SSSR count). The SMILES string of the molecule is CC(C)[C@H]1O[C@@H](/C=C\c2ccccc2)OCC1(C)C. The molecule has 1 fully saturated rings. The molecule has 2 heteroatoms. The minimum Gasteiger partial charge on any atom is -0.348 e. The number of hydrogen-bond donors (Lipinski definition) is 0. The van der Waals surface area contributed by atoms with Crippen LogP contribution in [0.4, 0.5) is 0 Å². The predicted molar refractivity (Wildman–Crippen MR) is 78.7 cm³/mol. The zero-order valence-electron chi connectivity index (χ0n) is 12.3. The van der Waals surface area contributed by atoms with E-state index < -0.39 is 0 Å². The van der Waals surface area contributed by atoms with Crippen molar-refractivity contribution in [3.8, 4) is 0 Å². The molecule has 19 heavy (non-hydrogen) atoms. The summed E-state index contributed by atoms with van der Waals surface area (Å²) in [7, 11) is 0. The third kappa shape index (κ3) is 3.68. The summed E-state index contributed by atoms with van der Waals surface area (Å²) in [5.41, 5.74) is 1.24. The summed E-state index contributed by atoms with van der Waals surface area (Å²) in [4.78, 5) is 0. The lowest BCUT2D eigenvalue weighted by atomic mass is 9.80. The maximum atomic E-state index is 6.08. The highest BCUT2D eigenvalue weighted by Crippen LogP contribution is 2.34. The number of ether oxygens (including phenoxy) is 2. The molecule has 0 unspecified atom stereocenters. The van der Waals surface area contributed by atoms with Crippen LogP contribution in [0.25, 0.3) is 6.08 Å². The van der Waals surface area contributed by atoms with Gasteiger partial charge in [-0.15, -0.1) is 0 Å². The van der Waals surface area contributed by atoms with Crippen molar-refractivity contribution in [2.24, 2.45) is 11.3 Å². The first-order valence-corrected chi connectivity index (χ1v) is 6.99. The molecule has 0 N–H and O–H groups in total. The van der Waals surface area contributed by atoms with Crippen LogP contribution in [0, 0.1) is 11.3 Å². The second-order valence-corrected chi connectivity index (χ2v) is 6.24. The topological polar surface area (TPSA) is 18.5 Å². The van der Waals surface area contributed by atoms with E-state index in [1.54, 1.807) is 0 Å². The zero-order chi connectivity index (χ0) is 13.9. The van der Waals surface area contributed by atoms with Gasteiger partial charge in [0, 0.05) is 5.41 Å². The zero-order valence-corrected chi connectivity index (χ0v) is 12.3. The van der Waals surface area contributed by atoms with Crippen molar-refractivity contribution in [2.75, 3.05) is 6.61 Å². The summed E-state index contributed by atoms with van der Waals surface area (Å²) in [6.07, 6.45) is 4.05. The van der Waals surface area contributed by atoms with Gasteiger partial charge >= 0.3 is 0 Å². The first-order valence-electron chi connectivity index (χ1n) is 6.99. The van der Waals surface area contributed by atoms with Gasteiger partial charge in [-0.2, -0.15) is 0 Å². The fraction of sp³-hybridized carbons (Fsp3) is 0.529. The van der Waals surface area contributed by atoms with E-state index in [1.807, 2.05) is 24.3 Å².